The molecule has 0 aliphatic heterocycles. The summed E-state index contributed by atoms with van der Waals surface area (Å²) in [4.78, 5) is 21.0. The third kappa shape index (κ3) is 4.86. The fraction of sp³-hybridized carbons (Fsp3) is 0.174. The molecular weight excluding hydrogens is 440 g/mol. The highest BCUT2D eigenvalue weighted by Gasteiger charge is 2.25. The maximum Gasteiger partial charge on any atom is 0.268 e. The summed E-state index contributed by atoms with van der Waals surface area (Å²) in [6, 6.07) is 12.6. The summed E-state index contributed by atoms with van der Waals surface area (Å²) in [5.74, 6) is -0.366. The first-order valence-corrected chi connectivity index (χ1v) is 11.7. The van der Waals surface area contributed by atoms with Gasteiger partial charge >= 0.3 is 0 Å². The molecule has 0 spiro atoms. The van der Waals surface area contributed by atoms with Crippen LogP contribution in [0.2, 0.25) is 0 Å². The number of carbonyl (C=O) groups is 1. The van der Waals surface area contributed by atoms with Crippen molar-refractivity contribution in [1.29, 1.82) is 0 Å². The molecule has 1 aromatic carbocycles. The Kier molecular flexibility index (Phi) is 6.38. The van der Waals surface area contributed by atoms with E-state index in [4.69, 9.17) is 0 Å². The average Bonchev–Trinajstić information content (AvgIpc) is 3.49. The summed E-state index contributed by atoms with van der Waals surface area (Å²) in [6.07, 6.45) is 9.91. The number of rotatable bonds is 8. The lowest BCUT2D eigenvalue weighted by atomic mass is 10.1. The summed E-state index contributed by atoms with van der Waals surface area (Å²) < 4.78 is 30.7. The summed E-state index contributed by atoms with van der Waals surface area (Å²) in [5.41, 5.74) is 2.84. The first kappa shape index (κ1) is 22.4. The molecule has 4 aromatic rings. The molecule has 1 amide bonds. The molecule has 1 N–H and O–H groups in total. The molecule has 0 fully saturated rings. The Hall–Kier alpha value is -3.76. The molecule has 0 bridgehead atoms. The second-order valence-corrected chi connectivity index (χ2v) is 9.62. The Balaban J connectivity index is 1.49. The Morgan fingerprint density at radius 3 is 2.67 bits per heavy atom. The van der Waals surface area contributed by atoms with E-state index in [1.54, 1.807) is 38.0 Å². The quantitative estimate of drug-likeness (QED) is 0.431. The van der Waals surface area contributed by atoms with E-state index < -0.39 is 10.0 Å². The van der Waals surface area contributed by atoms with Gasteiger partial charge in [-0.25, -0.2) is 13.4 Å². The van der Waals surface area contributed by atoms with Crippen molar-refractivity contribution in [3.63, 3.8) is 0 Å². The zero-order chi connectivity index (χ0) is 23.4. The number of benzene rings is 1. The zero-order valence-electron chi connectivity index (χ0n) is 18.3. The van der Waals surface area contributed by atoms with Gasteiger partial charge in [-0.2, -0.15) is 4.31 Å². The molecule has 0 aliphatic rings. The van der Waals surface area contributed by atoms with E-state index in [-0.39, 0.29) is 29.6 Å². The first-order chi connectivity index (χ1) is 15.9. The number of hydrogen-bond donors (Lipinski definition) is 1. The van der Waals surface area contributed by atoms with Gasteiger partial charge in [0.2, 0.25) is 10.0 Å². The molecule has 10 heteroatoms. The van der Waals surface area contributed by atoms with Crippen molar-refractivity contribution in [3.8, 4) is 5.69 Å². The summed E-state index contributed by atoms with van der Waals surface area (Å²) in [7, 11) is -0.632. The topological polar surface area (TPSA) is 102 Å². The number of imidazole rings is 1. The second-order valence-electron chi connectivity index (χ2n) is 7.58. The van der Waals surface area contributed by atoms with Crippen molar-refractivity contribution < 1.29 is 13.2 Å². The van der Waals surface area contributed by atoms with Crippen LogP contribution >= 0.6 is 0 Å². The van der Waals surface area contributed by atoms with Crippen LogP contribution in [0.3, 0.4) is 0 Å². The van der Waals surface area contributed by atoms with E-state index in [0.29, 0.717) is 0 Å². The molecule has 33 heavy (non-hydrogen) atoms. The van der Waals surface area contributed by atoms with Gasteiger partial charge in [0.05, 0.1) is 12.0 Å². The minimum Gasteiger partial charge on any atom is -0.347 e. The fourth-order valence-electron chi connectivity index (χ4n) is 3.49. The number of pyridine rings is 1. The van der Waals surface area contributed by atoms with Crippen LogP contribution in [0.4, 0.5) is 0 Å². The summed E-state index contributed by atoms with van der Waals surface area (Å²) >= 11 is 0. The van der Waals surface area contributed by atoms with Gasteiger partial charge < -0.3 is 14.5 Å². The van der Waals surface area contributed by atoms with Crippen LogP contribution in [0.5, 0.6) is 0 Å². The fourth-order valence-corrected chi connectivity index (χ4v) is 4.73. The van der Waals surface area contributed by atoms with Gasteiger partial charge in [-0.3, -0.25) is 9.78 Å². The molecule has 0 atom stereocenters. The van der Waals surface area contributed by atoms with Crippen molar-refractivity contribution in [3.05, 3.63) is 96.6 Å². The number of sulfonamides is 1. The molecule has 0 aliphatic carbocycles. The number of nitrogens with zero attached hydrogens (tertiary/aromatic N) is 5. The van der Waals surface area contributed by atoms with Crippen molar-refractivity contribution in [1.82, 2.24) is 28.7 Å². The van der Waals surface area contributed by atoms with E-state index in [9.17, 15) is 13.2 Å². The van der Waals surface area contributed by atoms with Gasteiger partial charge in [-0.15, -0.1) is 0 Å². The number of amides is 1. The molecule has 0 saturated heterocycles. The van der Waals surface area contributed by atoms with E-state index in [1.807, 2.05) is 41.1 Å². The molecule has 4 rings (SSSR count). The number of para-hydroxylation sites is 1. The maximum atomic E-state index is 13.0. The normalized spacial score (nSPS) is 11.6. The van der Waals surface area contributed by atoms with Crippen LogP contribution in [0.1, 0.15) is 21.6 Å². The van der Waals surface area contributed by atoms with Crippen molar-refractivity contribution in [2.24, 2.45) is 7.05 Å². The van der Waals surface area contributed by atoms with Gasteiger partial charge in [0.25, 0.3) is 5.91 Å². The molecule has 170 valence electrons. The van der Waals surface area contributed by atoms with Crippen LogP contribution in [0.15, 0.2) is 84.7 Å². The van der Waals surface area contributed by atoms with Crippen LogP contribution in [-0.2, 0) is 30.2 Å². The lowest BCUT2D eigenvalue weighted by molar-refractivity contribution is 0.0943. The Bertz CT molecular complexity index is 1350. The van der Waals surface area contributed by atoms with Crippen LogP contribution < -0.4 is 5.32 Å². The number of hydrogen-bond acceptors (Lipinski definition) is 5. The lowest BCUT2D eigenvalue weighted by Gasteiger charge is -2.16. The largest absolute Gasteiger partial charge is 0.347 e. The van der Waals surface area contributed by atoms with Gasteiger partial charge in [0.15, 0.2) is 0 Å². The standard InChI is InChI=1S/C23H24N6O3S/c1-27-16-20(33(31,32)28(2)15-18-6-5-9-24-13-18)12-22(27)23(30)26-14-19-7-3-4-8-21(19)29-11-10-25-17-29/h3-13,16-17H,14-15H2,1-2H3,(H,26,30). The Morgan fingerprint density at radius 1 is 1.12 bits per heavy atom. The Morgan fingerprint density at radius 2 is 1.94 bits per heavy atom. The third-order valence-electron chi connectivity index (χ3n) is 5.26. The summed E-state index contributed by atoms with van der Waals surface area (Å²) in [6.45, 7) is 0.457. The predicted molar refractivity (Wildman–Crippen MR) is 123 cm³/mol. The summed E-state index contributed by atoms with van der Waals surface area (Å²) in [5, 5.41) is 2.88. The molecule has 9 nitrogen and oxygen atoms in total. The monoisotopic (exact) mass is 464 g/mol. The maximum absolute atomic E-state index is 13.0. The number of carbonyl (C=O) groups excluding carboxylic acids is 1. The highest BCUT2D eigenvalue weighted by atomic mass is 32.2. The van der Waals surface area contributed by atoms with Gasteiger partial charge in [0, 0.05) is 58.2 Å². The van der Waals surface area contributed by atoms with E-state index >= 15 is 0 Å². The molecule has 0 saturated carbocycles. The molecular formula is C23H24N6O3S. The lowest BCUT2D eigenvalue weighted by Crippen LogP contribution is -2.26. The zero-order valence-corrected chi connectivity index (χ0v) is 19.1. The number of aryl methyl sites for hydroxylation is 1. The predicted octanol–water partition coefficient (Wildman–Crippen LogP) is 2.36. The van der Waals surface area contributed by atoms with Gasteiger partial charge in [-0.05, 0) is 29.3 Å². The minimum absolute atomic E-state index is 0.0559. The van der Waals surface area contributed by atoms with Crippen molar-refractivity contribution in [2.45, 2.75) is 18.0 Å². The second kappa shape index (κ2) is 9.39. The van der Waals surface area contributed by atoms with Crippen LogP contribution in [0, 0.1) is 0 Å². The Labute approximate surface area is 192 Å². The van der Waals surface area contributed by atoms with Gasteiger partial charge in [-0.1, -0.05) is 24.3 Å². The minimum atomic E-state index is -3.78. The van der Waals surface area contributed by atoms with Crippen molar-refractivity contribution in [2.75, 3.05) is 7.05 Å². The van der Waals surface area contributed by atoms with E-state index in [0.717, 1.165) is 16.8 Å². The third-order valence-corrected chi connectivity index (χ3v) is 7.03. The molecule has 0 radical (unpaired) electrons. The molecule has 3 aromatic heterocycles. The van der Waals surface area contributed by atoms with Gasteiger partial charge in [0.1, 0.15) is 10.6 Å². The van der Waals surface area contributed by atoms with Crippen LogP contribution in [0.25, 0.3) is 5.69 Å². The highest BCUT2D eigenvalue weighted by Crippen LogP contribution is 2.20. The van der Waals surface area contributed by atoms with Crippen LogP contribution in [-0.4, -0.2) is 44.8 Å². The van der Waals surface area contributed by atoms with E-state index in [1.165, 1.54) is 28.2 Å². The molecule has 3 heterocycles. The highest BCUT2D eigenvalue weighted by molar-refractivity contribution is 7.89. The first-order valence-electron chi connectivity index (χ1n) is 10.2. The number of aromatic nitrogens is 4. The SMILES string of the molecule is CN(Cc1cccnc1)S(=O)(=O)c1cc(C(=O)NCc2ccccc2-n2ccnc2)n(C)c1. The average molecular weight is 465 g/mol. The molecule has 0 unspecified atom stereocenters. The van der Waals surface area contributed by atoms with Crippen molar-refractivity contribution >= 4 is 15.9 Å². The number of nitrogens with one attached hydrogen (secondary N) is 1. The smallest absolute Gasteiger partial charge is 0.268 e. The van der Waals surface area contributed by atoms with E-state index in [2.05, 4.69) is 15.3 Å².